The van der Waals surface area contributed by atoms with E-state index in [4.69, 9.17) is 15.2 Å². The molecule has 7 heteroatoms. The van der Waals surface area contributed by atoms with Gasteiger partial charge in [0.1, 0.15) is 5.75 Å². The first kappa shape index (κ1) is 16.3. The van der Waals surface area contributed by atoms with E-state index in [2.05, 4.69) is 0 Å². The normalized spacial score (nSPS) is 10.1. The lowest BCUT2D eigenvalue weighted by molar-refractivity contribution is -0.384. The molecule has 7 nitrogen and oxygen atoms in total. The minimum atomic E-state index is -0.498. The maximum atomic E-state index is 11.7. The summed E-state index contributed by atoms with van der Waals surface area (Å²) in [5, 5.41) is 10.6. The minimum Gasteiger partial charge on any atom is -0.453 e. The molecule has 23 heavy (non-hydrogen) atoms. The number of nitrogens with zero attached hydrogens (tertiary/aromatic N) is 1. The molecule has 0 spiro atoms. The zero-order valence-corrected chi connectivity index (χ0v) is 12.5. The van der Waals surface area contributed by atoms with Crippen LogP contribution < -0.4 is 15.2 Å². The number of nitrogens with two attached hydrogens (primary N) is 1. The predicted molar refractivity (Wildman–Crippen MR) is 84.6 cm³/mol. The van der Waals surface area contributed by atoms with Crippen molar-refractivity contribution in [3.63, 3.8) is 0 Å². The smallest absolute Gasteiger partial charge is 0.311 e. The molecule has 2 aromatic carbocycles. The third kappa shape index (κ3) is 4.19. The Bertz CT molecular complexity index is 713. The lowest BCUT2D eigenvalue weighted by Gasteiger charge is -2.13. The molecule has 2 rings (SSSR count). The van der Waals surface area contributed by atoms with Gasteiger partial charge in [0.25, 0.3) is 5.69 Å². The molecular formula is C16H16N2O5. The Balaban J connectivity index is 2.23. The summed E-state index contributed by atoms with van der Waals surface area (Å²) in [5.41, 5.74) is 6.07. The van der Waals surface area contributed by atoms with Gasteiger partial charge in [0.05, 0.1) is 10.6 Å². The number of hydrogen-bond donors (Lipinski definition) is 1. The second kappa shape index (κ2) is 7.26. The first-order valence-corrected chi connectivity index (χ1v) is 7.02. The zero-order valence-electron chi connectivity index (χ0n) is 12.5. The summed E-state index contributed by atoms with van der Waals surface area (Å²) in [5.74, 6) is 0.376. The number of anilines is 1. The Kier molecular flexibility index (Phi) is 5.14. The van der Waals surface area contributed by atoms with Crippen LogP contribution in [0.15, 0.2) is 42.5 Å². The van der Waals surface area contributed by atoms with Crippen LogP contribution in [0, 0.1) is 10.1 Å². The zero-order chi connectivity index (χ0) is 16.8. The molecule has 0 bridgehead atoms. The SMILES string of the molecule is CCCC(=O)Oc1c(N)cccc1Oc1ccc([N+](=O)[O-])cc1. The Hall–Kier alpha value is -3.09. The first-order chi connectivity index (χ1) is 11.0. The number of para-hydroxylation sites is 1. The van der Waals surface area contributed by atoms with Gasteiger partial charge in [0, 0.05) is 18.6 Å². The second-order valence-electron chi connectivity index (χ2n) is 4.75. The molecule has 0 atom stereocenters. The Morgan fingerprint density at radius 3 is 2.52 bits per heavy atom. The minimum absolute atomic E-state index is 0.0421. The summed E-state index contributed by atoms with van der Waals surface area (Å²) < 4.78 is 10.9. The largest absolute Gasteiger partial charge is 0.453 e. The number of hydrogen-bond acceptors (Lipinski definition) is 6. The molecule has 0 heterocycles. The quantitative estimate of drug-likeness (QED) is 0.286. The topological polar surface area (TPSA) is 105 Å². The van der Waals surface area contributed by atoms with Crippen molar-refractivity contribution < 1.29 is 19.2 Å². The molecule has 0 saturated carbocycles. The highest BCUT2D eigenvalue weighted by molar-refractivity contribution is 5.76. The number of benzene rings is 2. The van der Waals surface area contributed by atoms with Gasteiger partial charge in [0.15, 0.2) is 11.5 Å². The Morgan fingerprint density at radius 2 is 1.91 bits per heavy atom. The van der Waals surface area contributed by atoms with Crippen LogP contribution in [0.5, 0.6) is 17.2 Å². The van der Waals surface area contributed by atoms with Crippen LogP contribution in [0.2, 0.25) is 0 Å². The first-order valence-electron chi connectivity index (χ1n) is 7.02. The van der Waals surface area contributed by atoms with Crippen LogP contribution in [0.1, 0.15) is 19.8 Å². The molecule has 2 aromatic rings. The average Bonchev–Trinajstić information content (AvgIpc) is 2.51. The molecule has 0 unspecified atom stereocenters. The van der Waals surface area contributed by atoms with Crippen LogP contribution in [0.4, 0.5) is 11.4 Å². The summed E-state index contributed by atoms with van der Waals surface area (Å²) >= 11 is 0. The molecular weight excluding hydrogens is 300 g/mol. The molecule has 0 amide bonds. The molecule has 2 N–H and O–H groups in total. The number of nitrogen functional groups attached to an aromatic ring is 1. The van der Waals surface area contributed by atoms with Gasteiger partial charge in [-0.1, -0.05) is 13.0 Å². The fraction of sp³-hybridized carbons (Fsp3) is 0.188. The number of non-ortho nitro benzene ring substituents is 1. The van der Waals surface area contributed by atoms with Gasteiger partial charge in [0.2, 0.25) is 0 Å². The van der Waals surface area contributed by atoms with Crippen LogP contribution in [-0.4, -0.2) is 10.9 Å². The van der Waals surface area contributed by atoms with E-state index in [1.807, 2.05) is 6.92 Å². The van der Waals surface area contributed by atoms with E-state index < -0.39 is 10.9 Å². The monoisotopic (exact) mass is 316 g/mol. The third-order valence-electron chi connectivity index (χ3n) is 2.95. The highest BCUT2D eigenvalue weighted by atomic mass is 16.6. The average molecular weight is 316 g/mol. The van der Waals surface area contributed by atoms with Gasteiger partial charge < -0.3 is 15.2 Å². The number of nitro benzene ring substituents is 1. The number of esters is 1. The van der Waals surface area contributed by atoms with E-state index in [0.29, 0.717) is 12.2 Å². The van der Waals surface area contributed by atoms with Crippen molar-refractivity contribution in [2.45, 2.75) is 19.8 Å². The van der Waals surface area contributed by atoms with E-state index in [1.54, 1.807) is 18.2 Å². The van der Waals surface area contributed by atoms with Crippen molar-refractivity contribution >= 4 is 17.3 Å². The standard InChI is InChI=1S/C16H16N2O5/c1-2-4-15(19)23-16-13(17)5-3-6-14(16)22-12-9-7-11(8-10-12)18(20)21/h3,5-10H,2,4,17H2,1H3. The van der Waals surface area contributed by atoms with Gasteiger partial charge in [-0.25, -0.2) is 0 Å². The van der Waals surface area contributed by atoms with Crippen molar-refractivity contribution in [3.8, 4) is 17.2 Å². The molecule has 0 aliphatic rings. The summed E-state index contributed by atoms with van der Waals surface area (Å²) in [7, 11) is 0. The van der Waals surface area contributed by atoms with Crippen molar-refractivity contribution in [1.29, 1.82) is 0 Å². The molecule has 0 aliphatic heterocycles. The van der Waals surface area contributed by atoms with Crippen molar-refractivity contribution in [2.75, 3.05) is 5.73 Å². The van der Waals surface area contributed by atoms with E-state index in [1.165, 1.54) is 24.3 Å². The lowest BCUT2D eigenvalue weighted by Crippen LogP contribution is -2.09. The third-order valence-corrected chi connectivity index (χ3v) is 2.95. The highest BCUT2D eigenvalue weighted by Crippen LogP contribution is 2.37. The van der Waals surface area contributed by atoms with E-state index in [-0.39, 0.29) is 29.3 Å². The van der Waals surface area contributed by atoms with E-state index in [0.717, 1.165) is 0 Å². The van der Waals surface area contributed by atoms with Gasteiger partial charge in [-0.15, -0.1) is 0 Å². The summed E-state index contributed by atoms with van der Waals surface area (Å²) in [4.78, 5) is 21.8. The van der Waals surface area contributed by atoms with Crippen LogP contribution >= 0.6 is 0 Å². The number of nitro groups is 1. The predicted octanol–water partition coefficient (Wildman–Crippen LogP) is 3.67. The molecule has 0 fully saturated rings. The van der Waals surface area contributed by atoms with Gasteiger partial charge in [-0.3, -0.25) is 14.9 Å². The number of carbonyl (C=O) groups excluding carboxylic acids is 1. The highest BCUT2D eigenvalue weighted by Gasteiger charge is 2.14. The maximum absolute atomic E-state index is 11.7. The van der Waals surface area contributed by atoms with Crippen molar-refractivity contribution in [3.05, 3.63) is 52.6 Å². The van der Waals surface area contributed by atoms with E-state index in [9.17, 15) is 14.9 Å². The fourth-order valence-corrected chi connectivity index (χ4v) is 1.85. The fourth-order valence-electron chi connectivity index (χ4n) is 1.85. The molecule has 0 radical (unpaired) electrons. The Labute approximate surface area is 132 Å². The lowest BCUT2D eigenvalue weighted by atomic mass is 10.2. The summed E-state index contributed by atoms with van der Waals surface area (Å²) in [6.45, 7) is 1.86. The summed E-state index contributed by atoms with van der Waals surface area (Å²) in [6, 6.07) is 10.4. The number of ether oxygens (including phenoxy) is 2. The molecule has 0 aromatic heterocycles. The molecule has 0 saturated heterocycles. The summed E-state index contributed by atoms with van der Waals surface area (Å²) in [6.07, 6.45) is 0.926. The Morgan fingerprint density at radius 1 is 1.22 bits per heavy atom. The van der Waals surface area contributed by atoms with Crippen LogP contribution in [-0.2, 0) is 4.79 Å². The second-order valence-corrected chi connectivity index (χ2v) is 4.75. The van der Waals surface area contributed by atoms with Gasteiger partial charge in [-0.2, -0.15) is 0 Å². The van der Waals surface area contributed by atoms with Gasteiger partial charge >= 0.3 is 5.97 Å². The van der Waals surface area contributed by atoms with Gasteiger partial charge in [-0.05, 0) is 30.7 Å². The van der Waals surface area contributed by atoms with Crippen LogP contribution in [0.3, 0.4) is 0 Å². The number of rotatable bonds is 6. The van der Waals surface area contributed by atoms with Crippen molar-refractivity contribution in [2.24, 2.45) is 0 Å². The van der Waals surface area contributed by atoms with Crippen molar-refractivity contribution in [1.82, 2.24) is 0 Å². The maximum Gasteiger partial charge on any atom is 0.311 e. The molecule has 0 aliphatic carbocycles. The molecule has 120 valence electrons. The number of carbonyl (C=O) groups is 1. The van der Waals surface area contributed by atoms with E-state index >= 15 is 0 Å². The van der Waals surface area contributed by atoms with Crippen LogP contribution in [0.25, 0.3) is 0 Å².